The molecule has 1 amide bonds. The number of carbonyl (C=O) groups is 1. The first-order chi connectivity index (χ1) is 10.2. The summed E-state index contributed by atoms with van der Waals surface area (Å²) in [5.74, 6) is -0.191. The standard InChI is InChI=1S/C16H23FN2O2/c1-2-18-15-13(6-3-7-14(15)17)16(21)19-9-4-5-12(11-19)8-10-20/h3,6-7,12,18,20H,2,4-5,8-11H2,1H3. The highest BCUT2D eigenvalue weighted by atomic mass is 19.1. The second kappa shape index (κ2) is 7.41. The summed E-state index contributed by atoms with van der Waals surface area (Å²) < 4.78 is 13.9. The highest BCUT2D eigenvalue weighted by Crippen LogP contribution is 2.25. The number of hydrogen-bond acceptors (Lipinski definition) is 3. The zero-order valence-corrected chi connectivity index (χ0v) is 12.4. The first-order valence-corrected chi connectivity index (χ1v) is 7.59. The molecule has 0 radical (unpaired) electrons. The quantitative estimate of drug-likeness (QED) is 0.877. The number of hydrogen-bond donors (Lipinski definition) is 2. The van der Waals surface area contributed by atoms with E-state index in [1.807, 2.05) is 6.92 Å². The smallest absolute Gasteiger partial charge is 0.256 e. The van der Waals surface area contributed by atoms with E-state index in [2.05, 4.69) is 5.32 Å². The summed E-state index contributed by atoms with van der Waals surface area (Å²) in [4.78, 5) is 14.4. The number of aliphatic hydroxyl groups excluding tert-OH is 1. The van der Waals surface area contributed by atoms with Gasteiger partial charge in [0.2, 0.25) is 0 Å². The van der Waals surface area contributed by atoms with Gasteiger partial charge in [0.25, 0.3) is 5.91 Å². The van der Waals surface area contributed by atoms with Crippen LogP contribution in [0, 0.1) is 11.7 Å². The number of benzene rings is 1. The number of nitrogens with zero attached hydrogens (tertiary/aromatic N) is 1. The van der Waals surface area contributed by atoms with Crippen LogP contribution in [0.15, 0.2) is 18.2 Å². The Bertz CT molecular complexity index is 491. The molecule has 5 heteroatoms. The van der Waals surface area contributed by atoms with Gasteiger partial charge in [-0.05, 0) is 44.2 Å². The minimum Gasteiger partial charge on any atom is -0.396 e. The van der Waals surface area contributed by atoms with Crippen LogP contribution in [0.1, 0.15) is 36.5 Å². The average molecular weight is 294 g/mol. The van der Waals surface area contributed by atoms with Gasteiger partial charge in [0, 0.05) is 26.2 Å². The Hall–Kier alpha value is -1.62. The Kier molecular flexibility index (Phi) is 5.56. The fraction of sp³-hybridized carbons (Fsp3) is 0.562. The monoisotopic (exact) mass is 294 g/mol. The Morgan fingerprint density at radius 3 is 3.05 bits per heavy atom. The lowest BCUT2D eigenvalue weighted by molar-refractivity contribution is 0.0654. The summed E-state index contributed by atoms with van der Waals surface area (Å²) in [5, 5.41) is 12.0. The van der Waals surface area contributed by atoms with Crippen molar-refractivity contribution in [1.29, 1.82) is 0 Å². The second-order valence-corrected chi connectivity index (χ2v) is 5.46. The van der Waals surface area contributed by atoms with Crippen LogP contribution in [-0.4, -0.2) is 42.2 Å². The third-order valence-corrected chi connectivity index (χ3v) is 3.94. The molecule has 1 heterocycles. The van der Waals surface area contributed by atoms with Crippen molar-refractivity contribution in [2.24, 2.45) is 5.92 Å². The van der Waals surface area contributed by atoms with Crippen molar-refractivity contribution in [3.05, 3.63) is 29.6 Å². The molecular weight excluding hydrogens is 271 g/mol. The lowest BCUT2D eigenvalue weighted by atomic mass is 9.94. The molecule has 1 unspecified atom stereocenters. The first-order valence-electron chi connectivity index (χ1n) is 7.59. The van der Waals surface area contributed by atoms with Gasteiger partial charge in [-0.15, -0.1) is 0 Å². The van der Waals surface area contributed by atoms with Crippen LogP contribution in [0.2, 0.25) is 0 Å². The topological polar surface area (TPSA) is 52.6 Å². The number of amides is 1. The SMILES string of the molecule is CCNc1c(F)cccc1C(=O)N1CCCC(CCO)C1. The molecule has 116 valence electrons. The van der Waals surface area contributed by atoms with E-state index in [-0.39, 0.29) is 18.2 Å². The fourth-order valence-corrected chi connectivity index (χ4v) is 2.90. The lowest BCUT2D eigenvalue weighted by Gasteiger charge is -2.33. The van der Waals surface area contributed by atoms with Crippen molar-refractivity contribution in [3.63, 3.8) is 0 Å². The molecule has 0 saturated carbocycles. The minimum absolute atomic E-state index is 0.131. The minimum atomic E-state index is -0.397. The molecule has 0 bridgehead atoms. The van der Waals surface area contributed by atoms with Crippen LogP contribution in [0.25, 0.3) is 0 Å². The van der Waals surface area contributed by atoms with Gasteiger partial charge in [0.15, 0.2) is 0 Å². The van der Waals surface area contributed by atoms with Crippen LogP contribution >= 0.6 is 0 Å². The molecule has 21 heavy (non-hydrogen) atoms. The van der Waals surface area contributed by atoms with Gasteiger partial charge in [-0.25, -0.2) is 4.39 Å². The summed E-state index contributed by atoms with van der Waals surface area (Å²) in [6, 6.07) is 4.59. The number of para-hydroxylation sites is 1. The average Bonchev–Trinajstić information content (AvgIpc) is 2.49. The maximum Gasteiger partial charge on any atom is 0.256 e. The lowest BCUT2D eigenvalue weighted by Crippen LogP contribution is -2.40. The number of halogens is 1. The Morgan fingerprint density at radius 1 is 1.52 bits per heavy atom. The molecule has 2 N–H and O–H groups in total. The van der Waals surface area contributed by atoms with Crippen LogP contribution in [0.3, 0.4) is 0 Å². The number of likely N-dealkylation sites (tertiary alicyclic amines) is 1. The van der Waals surface area contributed by atoms with Crippen molar-refractivity contribution >= 4 is 11.6 Å². The van der Waals surface area contributed by atoms with Crippen molar-refractivity contribution in [3.8, 4) is 0 Å². The first kappa shape index (κ1) is 15.8. The normalized spacial score (nSPS) is 18.6. The number of aliphatic hydroxyl groups is 1. The summed E-state index contributed by atoms with van der Waals surface area (Å²) in [7, 11) is 0. The van der Waals surface area contributed by atoms with Crippen LogP contribution in [0.4, 0.5) is 10.1 Å². The highest BCUT2D eigenvalue weighted by molar-refractivity contribution is 5.99. The molecule has 1 saturated heterocycles. The number of carbonyl (C=O) groups excluding carboxylic acids is 1. The molecule has 1 fully saturated rings. The van der Waals surface area contributed by atoms with Gasteiger partial charge in [-0.3, -0.25) is 4.79 Å². The molecule has 1 aliphatic rings. The molecule has 1 aromatic carbocycles. The number of nitrogens with one attached hydrogen (secondary N) is 1. The van der Waals surface area contributed by atoms with Crippen LogP contribution < -0.4 is 5.32 Å². The molecule has 1 atom stereocenters. The van der Waals surface area contributed by atoms with Crippen molar-refractivity contribution in [2.45, 2.75) is 26.2 Å². The molecule has 4 nitrogen and oxygen atoms in total. The van der Waals surface area contributed by atoms with Gasteiger partial charge in [0.05, 0.1) is 11.3 Å². The summed E-state index contributed by atoms with van der Waals surface area (Å²) in [6.07, 6.45) is 2.68. The van der Waals surface area contributed by atoms with Crippen molar-refractivity contribution < 1.29 is 14.3 Å². The molecule has 2 rings (SSSR count). The Morgan fingerprint density at radius 2 is 2.33 bits per heavy atom. The Labute approximate surface area is 125 Å². The Balaban J connectivity index is 2.17. The summed E-state index contributed by atoms with van der Waals surface area (Å²) in [6.45, 7) is 3.92. The van der Waals surface area contributed by atoms with E-state index in [1.165, 1.54) is 6.07 Å². The molecule has 0 aromatic heterocycles. The fourth-order valence-electron chi connectivity index (χ4n) is 2.90. The third-order valence-electron chi connectivity index (χ3n) is 3.94. The number of anilines is 1. The van der Waals surface area contributed by atoms with Gasteiger partial charge in [-0.1, -0.05) is 6.07 Å². The zero-order valence-electron chi connectivity index (χ0n) is 12.4. The van der Waals surface area contributed by atoms with Gasteiger partial charge < -0.3 is 15.3 Å². The summed E-state index contributed by atoms with van der Waals surface area (Å²) >= 11 is 0. The van der Waals surface area contributed by atoms with E-state index in [0.29, 0.717) is 37.5 Å². The van der Waals surface area contributed by atoms with Gasteiger partial charge >= 0.3 is 0 Å². The highest BCUT2D eigenvalue weighted by Gasteiger charge is 2.26. The molecule has 0 spiro atoms. The summed E-state index contributed by atoms with van der Waals surface area (Å²) in [5.41, 5.74) is 0.677. The van der Waals surface area contributed by atoms with Crippen LogP contribution in [0.5, 0.6) is 0 Å². The molecule has 0 aliphatic carbocycles. The predicted octanol–water partition coefficient (Wildman–Crippen LogP) is 2.49. The maximum atomic E-state index is 13.9. The zero-order chi connectivity index (χ0) is 15.2. The van der Waals surface area contributed by atoms with Crippen molar-refractivity contribution in [2.75, 3.05) is 31.6 Å². The second-order valence-electron chi connectivity index (χ2n) is 5.46. The van der Waals surface area contributed by atoms with E-state index in [4.69, 9.17) is 5.11 Å². The van der Waals surface area contributed by atoms with E-state index in [9.17, 15) is 9.18 Å². The largest absolute Gasteiger partial charge is 0.396 e. The predicted molar refractivity (Wildman–Crippen MR) is 80.9 cm³/mol. The van der Waals surface area contributed by atoms with Crippen molar-refractivity contribution in [1.82, 2.24) is 4.90 Å². The van der Waals surface area contributed by atoms with E-state index in [1.54, 1.807) is 17.0 Å². The van der Waals surface area contributed by atoms with Gasteiger partial charge in [0.1, 0.15) is 5.82 Å². The molecule has 1 aliphatic heterocycles. The van der Waals surface area contributed by atoms with E-state index in [0.717, 1.165) is 12.8 Å². The van der Waals surface area contributed by atoms with Gasteiger partial charge in [-0.2, -0.15) is 0 Å². The number of piperidine rings is 1. The maximum absolute atomic E-state index is 13.9. The van der Waals surface area contributed by atoms with E-state index >= 15 is 0 Å². The number of rotatable bonds is 5. The van der Waals surface area contributed by atoms with Crippen LogP contribution in [-0.2, 0) is 0 Å². The third kappa shape index (κ3) is 3.73. The molecule has 1 aromatic rings. The van der Waals surface area contributed by atoms with E-state index < -0.39 is 5.82 Å². The molecular formula is C16H23FN2O2.